The number of ether oxygens (including phenoxy) is 1. The van der Waals surface area contributed by atoms with Crippen molar-refractivity contribution in [2.75, 3.05) is 13.2 Å². The number of carbonyl (C=O) groups is 1. The van der Waals surface area contributed by atoms with Gasteiger partial charge in [0.15, 0.2) is 0 Å². The molecule has 3 heterocycles. The van der Waals surface area contributed by atoms with E-state index in [0.29, 0.717) is 24.6 Å². The van der Waals surface area contributed by atoms with Gasteiger partial charge >= 0.3 is 0 Å². The smallest absolute Gasteiger partial charge is 0.270 e. The van der Waals surface area contributed by atoms with Crippen molar-refractivity contribution in [3.05, 3.63) is 59.2 Å². The molecule has 0 aliphatic carbocycles. The van der Waals surface area contributed by atoms with E-state index < -0.39 is 0 Å². The fourth-order valence-corrected chi connectivity index (χ4v) is 3.28. The first-order chi connectivity index (χ1) is 12.6. The standard InChI is InChI=1S/C19H21N5O2/c1-12(2)16-9-15(23-19-21-11-22-24(16)19)18(25)20-10-17-14-6-4-3-5-13(14)7-8-26-17/h3-6,9,11-12,17H,7-8,10H2,1-2H3,(H,20,25). The highest BCUT2D eigenvalue weighted by Crippen LogP contribution is 2.26. The first-order valence-corrected chi connectivity index (χ1v) is 8.82. The van der Waals surface area contributed by atoms with Crippen LogP contribution in [0.2, 0.25) is 0 Å². The van der Waals surface area contributed by atoms with Crippen molar-refractivity contribution in [1.29, 1.82) is 0 Å². The molecule has 26 heavy (non-hydrogen) atoms. The molecule has 0 saturated carbocycles. The van der Waals surface area contributed by atoms with Crippen LogP contribution in [0.1, 0.15) is 53.2 Å². The Morgan fingerprint density at radius 3 is 3.08 bits per heavy atom. The molecule has 0 bridgehead atoms. The van der Waals surface area contributed by atoms with E-state index in [1.807, 2.05) is 26.0 Å². The van der Waals surface area contributed by atoms with Crippen LogP contribution in [0.25, 0.3) is 5.78 Å². The van der Waals surface area contributed by atoms with Gasteiger partial charge in [-0.25, -0.2) is 9.50 Å². The average Bonchev–Trinajstić information content (AvgIpc) is 3.13. The van der Waals surface area contributed by atoms with Crippen LogP contribution in [0.3, 0.4) is 0 Å². The monoisotopic (exact) mass is 351 g/mol. The van der Waals surface area contributed by atoms with Gasteiger partial charge in [-0.2, -0.15) is 10.1 Å². The Morgan fingerprint density at radius 1 is 1.38 bits per heavy atom. The zero-order valence-corrected chi connectivity index (χ0v) is 14.8. The second kappa shape index (κ2) is 6.84. The largest absolute Gasteiger partial charge is 0.371 e. The number of carbonyl (C=O) groups excluding carboxylic acids is 1. The van der Waals surface area contributed by atoms with Crippen molar-refractivity contribution in [3.8, 4) is 0 Å². The highest BCUT2D eigenvalue weighted by atomic mass is 16.5. The number of benzene rings is 1. The maximum Gasteiger partial charge on any atom is 0.270 e. The molecule has 7 nitrogen and oxygen atoms in total. The van der Waals surface area contributed by atoms with Crippen LogP contribution in [-0.4, -0.2) is 38.6 Å². The molecule has 1 aromatic carbocycles. The Bertz CT molecular complexity index is 950. The summed E-state index contributed by atoms with van der Waals surface area (Å²) in [6, 6.07) is 9.98. The summed E-state index contributed by atoms with van der Waals surface area (Å²) in [5.74, 6) is 0.395. The summed E-state index contributed by atoms with van der Waals surface area (Å²) in [7, 11) is 0. The van der Waals surface area contributed by atoms with Gasteiger partial charge in [-0.05, 0) is 29.5 Å². The van der Waals surface area contributed by atoms with E-state index in [2.05, 4.69) is 32.5 Å². The van der Waals surface area contributed by atoms with E-state index in [1.165, 1.54) is 11.9 Å². The Balaban J connectivity index is 1.53. The van der Waals surface area contributed by atoms with E-state index in [-0.39, 0.29) is 17.9 Å². The Hall–Kier alpha value is -2.80. The number of hydrogen-bond donors (Lipinski definition) is 1. The van der Waals surface area contributed by atoms with Crippen LogP contribution in [0.5, 0.6) is 0 Å². The molecule has 0 radical (unpaired) electrons. The van der Waals surface area contributed by atoms with Gasteiger partial charge < -0.3 is 10.1 Å². The van der Waals surface area contributed by atoms with Crippen molar-refractivity contribution in [2.45, 2.75) is 32.3 Å². The van der Waals surface area contributed by atoms with E-state index in [4.69, 9.17) is 4.74 Å². The minimum atomic E-state index is -0.232. The molecule has 1 aliphatic heterocycles. The van der Waals surface area contributed by atoms with Crippen LogP contribution in [0, 0.1) is 0 Å². The number of amides is 1. The second-order valence-electron chi connectivity index (χ2n) is 6.71. The molecular weight excluding hydrogens is 330 g/mol. The third-order valence-electron chi connectivity index (χ3n) is 4.64. The average molecular weight is 351 g/mol. The molecule has 134 valence electrons. The lowest BCUT2D eigenvalue weighted by atomic mass is 9.97. The maximum absolute atomic E-state index is 12.7. The molecule has 1 unspecified atom stereocenters. The zero-order valence-electron chi connectivity index (χ0n) is 14.8. The van der Waals surface area contributed by atoms with Gasteiger partial charge in [-0.3, -0.25) is 4.79 Å². The first kappa shape index (κ1) is 16.7. The van der Waals surface area contributed by atoms with Crippen molar-refractivity contribution in [2.24, 2.45) is 0 Å². The summed E-state index contributed by atoms with van der Waals surface area (Å²) >= 11 is 0. The van der Waals surface area contributed by atoms with Crippen LogP contribution in [0.4, 0.5) is 0 Å². The third kappa shape index (κ3) is 3.06. The summed E-state index contributed by atoms with van der Waals surface area (Å²) < 4.78 is 7.52. The fourth-order valence-electron chi connectivity index (χ4n) is 3.28. The normalized spacial score (nSPS) is 16.7. The van der Waals surface area contributed by atoms with Crippen molar-refractivity contribution in [3.63, 3.8) is 0 Å². The predicted molar refractivity (Wildman–Crippen MR) is 96.0 cm³/mol. The lowest BCUT2D eigenvalue weighted by Crippen LogP contribution is -2.32. The van der Waals surface area contributed by atoms with E-state index in [1.54, 1.807) is 10.6 Å². The molecule has 1 atom stereocenters. The predicted octanol–water partition coefficient (Wildman–Crippen LogP) is 2.29. The first-order valence-electron chi connectivity index (χ1n) is 8.82. The summed E-state index contributed by atoms with van der Waals surface area (Å²) in [6.07, 6.45) is 2.22. The molecule has 1 N–H and O–H groups in total. The van der Waals surface area contributed by atoms with Gasteiger partial charge in [0, 0.05) is 6.54 Å². The highest BCUT2D eigenvalue weighted by Gasteiger charge is 2.22. The topological polar surface area (TPSA) is 81.4 Å². The van der Waals surface area contributed by atoms with Gasteiger partial charge in [0.05, 0.1) is 12.3 Å². The second-order valence-corrected chi connectivity index (χ2v) is 6.71. The quantitative estimate of drug-likeness (QED) is 0.780. The molecular formula is C19H21N5O2. The van der Waals surface area contributed by atoms with Crippen molar-refractivity contribution < 1.29 is 9.53 Å². The third-order valence-corrected chi connectivity index (χ3v) is 4.64. The molecule has 0 spiro atoms. The Labute approximate surface area is 151 Å². The maximum atomic E-state index is 12.7. The summed E-state index contributed by atoms with van der Waals surface area (Å²) in [5, 5.41) is 7.12. The molecule has 4 rings (SSSR count). The fraction of sp³-hybridized carbons (Fsp3) is 0.368. The molecule has 0 saturated heterocycles. The van der Waals surface area contributed by atoms with Crippen LogP contribution in [-0.2, 0) is 11.2 Å². The summed E-state index contributed by atoms with van der Waals surface area (Å²) in [6.45, 7) is 5.17. The molecule has 7 heteroatoms. The Morgan fingerprint density at radius 2 is 2.23 bits per heavy atom. The van der Waals surface area contributed by atoms with Crippen LogP contribution in [0.15, 0.2) is 36.7 Å². The molecule has 0 fully saturated rings. The minimum Gasteiger partial charge on any atom is -0.371 e. The van der Waals surface area contributed by atoms with Gasteiger partial charge in [0.1, 0.15) is 18.1 Å². The number of aromatic nitrogens is 4. The molecule has 2 aromatic heterocycles. The number of fused-ring (bicyclic) bond motifs is 2. The number of nitrogens with one attached hydrogen (secondary N) is 1. The number of rotatable bonds is 4. The van der Waals surface area contributed by atoms with E-state index in [9.17, 15) is 4.79 Å². The van der Waals surface area contributed by atoms with Gasteiger partial charge in [0.25, 0.3) is 11.7 Å². The van der Waals surface area contributed by atoms with Crippen molar-refractivity contribution in [1.82, 2.24) is 24.9 Å². The Kier molecular flexibility index (Phi) is 4.38. The number of hydrogen-bond acceptors (Lipinski definition) is 5. The van der Waals surface area contributed by atoms with Crippen molar-refractivity contribution >= 4 is 11.7 Å². The highest BCUT2D eigenvalue weighted by molar-refractivity contribution is 5.92. The van der Waals surface area contributed by atoms with Gasteiger partial charge in [-0.15, -0.1) is 0 Å². The van der Waals surface area contributed by atoms with Gasteiger partial charge in [0.2, 0.25) is 0 Å². The molecule has 1 amide bonds. The van der Waals surface area contributed by atoms with Gasteiger partial charge in [-0.1, -0.05) is 38.1 Å². The minimum absolute atomic E-state index is 0.134. The summed E-state index contributed by atoms with van der Waals surface area (Å²) in [5.41, 5.74) is 3.67. The lowest BCUT2D eigenvalue weighted by Gasteiger charge is -2.26. The summed E-state index contributed by atoms with van der Waals surface area (Å²) in [4.78, 5) is 21.1. The molecule has 1 aliphatic rings. The van der Waals surface area contributed by atoms with E-state index in [0.717, 1.165) is 17.7 Å². The van der Waals surface area contributed by atoms with E-state index >= 15 is 0 Å². The zero-order chi connectivity index (χ0) is 18.1. The molecule has 3 aromatic rings. The lowest BCUT2D eigenvalue weighted by molar-refractivity contribution is 0.0411. The number of nitrogens with zero attached hydrogens (tertiary/aromatic N) is 4. The van der Waals surface area contributed by atoms with Crippen LogP contribution < -0.4 is 5.32 Å². The van der Waals surface area contributed by atoms with Crippen LogP contribution >= 0.6 is 0 Å². The SMILES string of the molecule is CC(C)c1cc(C(=O)NCC2OCCc3ccccc32)nc2ncnn12.